The Hall–Kier alpha value is -1.27. The van der Waals surface area contributed by atoms with E-state index in [-0.39, 0.29) is 6.61 Å². The molecule has 1 aliphatic rings. The third-order valence-electron chi connectivity index (χ3n) is 5.12. The summed E-state index contributed by atoms with van der Waals surface area (Å²) in [5.41, 5.74) is 1.30. The van der Waals surface area contributed by atoms with Crippen molar-refractivity contribution in [1.82, 2.24) is 10.6 Å². The standard InChI is InChI=1S/C21H35BrN4O/c1-3-5-17(11-13-27)14-24-21(23-4-2)25-15-18-10-12-26(16-18)20-8-6-19(22)7-9-20/h6-9,17-18,27H,3-5,10-16H2,1-2H3,(H2,23,24,25). The first-order valence-corrected chi connectivity index (χ1v) is 11.1. The monoisotopic (exact) mass is 438 g/mol. The fraction of sp³-hybridized carbons (Fsp3) is 0.667. The zero-order chi connectivity index (χ0) is 19.5. The van der Waals surface area contributed by atoms with Crippen LogP contribution in [0.4, 0.5) is 5.69 Å². The molecular formula is C21H35BrN4O. The normalized spacial score (nSPS) is 18.6. The minimum Gasteiger partial charge on any atom is -0.396 e. The zero-order valence-corrected chi connectivity index (χ0v) is 18.3. The van der Waals surface area contributed by atoms with Crippen LogP contribution in [0.5, 0.6) is 0 Å². The molecule has 1 aliphatic heterocycles. The number of nitrogens with one attached hydrogen (secondary N) is 2. The van der Waals surface area contributed by atoms with Gasteiger partial charge in [0.1, 0.15) is 0 Å². The van der Waals surface area contributed by atoms with Crippen molar-refractivity contribution in [2.24, 2.45) is 16.8 Å². The van der Waals surface area contributed by atoms with E-state index in [2.05, 4.69) is 69.6 Å². The molecule has 2 unspecified atom stereocenters. The van der Waals surface area contributed by atoms with E-state index in [0.717, 1.165) is 62.4 Å². The number of anilines is 1. The van der Waals surface area contributed by atoms with Crippen LogP contribution in [0.25, 0.3) is 0 Å². The molecule has 0 saturated carbocycles. The van der Waals surface area contributed by atoms with Gasteiger partial charge in [-0.3, -0.25) is 4.99 Å². The maximum absolute atomic E-state index is 9.23. The van der Waals surface area contributed by atoms with Gasteiger partial charge >= 0.3 is 0 Å². The van der Waals surface area contributed by atoms with Crippen molar-refractivity contribution >= 4 is 27.6 Å². The van der Waals surface area contributed by atoms with Crippen molar-refractivity contribution in [1.29, 1.82) is 0 Å². The molecule has 0 spiro atoms. The third-order valence-corrected chi connectivity index (χ3v) is 5.65. The van der Waals surface area contributed by atoms with Gasteiger partial charge in [-0.25, -0.2) is 0 Å². The molecule has 2 rings (SSSR count). The lowest BCUT2D eigenvalue weighted by Gasteiger charge is -2.20. The molecule has 3 N–H and O–H groups in total. The Labute approximate surface area is 172 Å². The van der Waals surface area contributed by atoms with E-state index in [4.69, 9.17) is 4.99 Å². The average Bonchev–Trinajstić information content (AvgIpc) is 3.14. The fourth-order valence-electron chi connectivity index (χ4n) is 3.61. The van der Waals surface area contributed by atoms with Crippen molar-refractivity contribution < 1.29 is 5.11 Å². The van der Waals surface area contributed by atoms with Gasteiger partial charge in [-0.05, 0) is 62.3 Å². The first-order chi connectivity index (χ1) is 13.2. The average molecular weight is 439 g/mol. The van der Waals surface area contributed by atoms with Crippen LogP contribution in [-0.4, -0.2) is 50.4 Å². The molecule has 1 fully saturated rings. The summed E-state index contributed by atoms with van der Waals surface area (Å²) < 4.78 is 1.12. The van der Waals surface area contributed by atoms with Crippen LogP contribution in [-0.2, 0) is 0 Å². The lowest BCUT2D eigenvalue weighted by Crippen LogP contribution is -2.40. The number of hydrogen-bond acceptors (Lipinski definition) is 3. The molecular weight excluding hydrogens is 404 g/mol. The van der Waals surface area contributed by atoms with Gasteiger partial charge in [0.05, 0.1) is 0 Å². The summed E-state index contributed by atoms with van der Waals surface area (Å²) in [6.07, 6.45) is 4.29. The highest BCUT2D eigenvalue weighted by atomic mass is 79.9. The highest BCUT2D eigenvalue weighted by molar-refractivity contribution is 9.10. The molecule has 0 aliphatic carbocycles. The van der Waals surface area contributed by atoms with Gasteiger partial charge in [-0.2, -0.15) is 0 Å². The number of aliphatic hydroxyl groups is 1. The van der Waals surface area contributed by atoms with Crippen molar-refractivity contribution in [3.8, 4) is 0 Å². The molecule has 2 atom stereocenters. The van der Waals surface area contributed by atoms with Crippen LogP contribution in [0.15, 0.2) is 33.7 Å². The molecule has 0 aromatic heterocycles. The van der Waals surface area contributed by atoms with Gasteiger partial charge < -0.3 is 20.6 Å². The molecule has 0 radical (unpaired) electrons. The van der Waals surface area contributed by atoms with Gasteiger partial charge in [-0.1, -0.05) is 29.3 Å². The number of rotatable bonds is 10. The molecule has 0 amide bonds. The number of benzene rings is 1. The molecule has 1 saturated heterocycles. The molecule has 1 aromatic rings. The van der Waals surface area contributed by atoms with Crippen molar-refractivity contribution in [3.05, 3.63) is 28.7 Å². The largest absolute Gasteiger partial charge is 0.396 e. The molecule has 6 heteroatoms. The third kappa shape index (κ3) is 7.70. The predicted molar refractivity (Wildman–Crippen MR) is 119 cm³/mol. The predicted octanol–water partition coefficient (Wildman–Crippen LogP) is 3.63. The minimum atomic E-state index is 0.248. The number of aliphatic hydroxyl groups excluding tert-OH is 1. The SMILES string of the molecule is CCCC(CCO)CN=C(NCC)NCC1CCN(c2ccc(Br)cc2)C1. The van der Waals surface area contributed by atoms with Gasteiger partial charge in [0.15, 0.2) is 5.96 Å². The minimum absolute atomic E-state index is 0.248. The van der Waals surface area contributed by atoms with Gasteiger partial charge in [0.2, 0.25) is 0 Å². The van der Waals surface area contributed by atoms with Gasteiger partial charge in [0, 0.05) is 49.5 Å². The van der Waals surface area contributed by atoms with E-state index in [9.17, 15) is 5.11 Å². The molecule has 5 nitrogen and oxygen atoms in total. The Balaban J connectivity index is 1.82. The van der Waals surface area contributed by atoms with Crippen LogP contribution >= 0.6 is 15.9 Å². The number of nitrogens with zero attached hydrogens (tertiary/aromatic N) is 2. The van der Waals surface area contributed by atoms with E-state index in [0.29, 0.717) is 11.8 Å². The summed E-state index contributed by atoms with van der Waals surface area (Å²) in [4.78, 5) is 7.22. The van der Waals surface area contributed by atoms with Gasteiger partial charge in [-0.15, -0.1) is 0 Å². The number of aliphatic imine (C=N–C) groups is 1. The lowest BCUT2D eigenvalue weighted by molar-refractivity contribution is 0.253. The Kier molecular flexibility index (Phi) is 9.98. The maximum Gasteiger partial charge on any atom is 0.191 e. The highest BCUT2D eigenvalue weighted by Gasteiger charge is 2.22. The molecule has 1 heterocycles. The summed E-state index contributed by atoms with van der Waals surface area (Å²) in [7, 11) is 0. The summed E-state index contributed by atoms with van der Waals surface area (Å²) in [5.74, 6) is 2.00. The van der Waals surface area contributed by atoms with Crippen molar-refractivity contribution in [2.45, 2.75) is 39.5 Å². The summed E-state index contributed by atoms with van der Waals surface area (Å²) in [5, 5.41) is 16.1. The lowest BCUT2D eigenvalue weighted by atomic mass is 10.0. The molecule has 27 heavy (non-hydrogen) atoms. The van der Waals surface area contributed by atoms with Crippen LogP contribution in [0.3, 0.4) is 0 Å². The molecule has 0 bridgehead atoms. The summed E-state index contributed by atoms with van der Waals surface area (Å²) >= 11 is 3.50. The summed E-state index contributed by atoms with van der Waals surface area (Å²) in [6.45, 7) is 9.30. The topological polar surface area (TPSA) is 59.9 Å². The smallest absolute Gasteiger partial charge is 0.191 e. The van der Waals surface area contributed by atoms with E-state index >= 15 is 0 Å². The van der Waals surface area contributed by atoms with E-state index in [1.165, 1.54) is 12.1 Å². The van der Waals surface area contributed by atoms with Crippen LogP contribution in [0.1, 0.15) is 39.5 Å². The number of guanidine groups is 1. The second kappa shape index (κ2) is 12.2. The number of hydrogen-bond donors (Lipinski definition) is 3. The Morgan fingerprint density at radius 3 is 2.70 bits per heavy atom. The van der Waals surface area contributed by atoms with Gasteiger partial charge in [0.25, 0.3) is 0 Å². The quantitative estimate of drug-likeness (QED) is 0.385. The van der Waals surface area contributed by atoms with Crippen molar-refractivity contribution in [2.75, 3.05) is 44.2 Å². The number of halogens is 1. The Bertz CT molecular complexity index is 558. The van der Waals surface area contributed by atoms with Crippen molar-refractivity contribution in [3.63, 3.8) is 0 Å². The Morgan fingerprint density at radius 2 is 2.04 bits per heavy atom. The van der Waals surface area contributed by atoms with Crippen LogP contribution in [0.2, 0.25) is 0 Å². The first kappa shape index (κ1) is 22.0. The second-order valence-corrected chi connectivity index (χ2v) is 8.26. The molecule has 152 valence electrons. The van der Waals surface area contributed by atoms with Crippen LogP contribution in [0, 0.1) is 11.8 Å². The van der Waals surface area contributed by atoms with E-state index in [1.807, 2.05) is 0 Å². The zero-order valence-electron chi connectivity index (χ0n) is 16.8. The van der Waals surface area contributed by atoms with E-state index in [1.54, 1.807) is 0 Å². The second-order valence-electron chi connectivity index (χ2n) is 7.34. The Morgan fingerprint density at radius 1 is 1.26 bits per heavy atom. The molecule has 1 aromatic carbocycles. The maximum atomic E-state index is 9.23. The first-order valence-electron chi connectivity index (χ1n) is 10.3. The fourth-order valence-corrected chi connectivity index (χ4v) is 3.87. The van der Waals surface area contributed by atoms with Crippen LogP contribution < -0.4 is 15.5 Å². The highest BCUT2D eigenvalue weighted by Crippen LogP contribution is 2.25. The summed E-state index contributed by atoms with van der Waals surface area (Å²) in [6, 6.07) is 8.58. The van der Waals surface area contributed by atoms with E-state index < -0.39 is 0 Å².